The van der Waals surface area contributed by atoms with Gasteiger partial charge in [0.1, 0.15) is 0 Å². The molecule has 1 atom stereocenters. The highest BCUT2D eigenvalue weighted by Gasteiger charge is 2.24. The van der Waals surface area contributed by atoms with E-state index in [9.17, 15) is 5.11 Å². The Morgan fingerprint density at radius 1 is 1.23 bits per heavy atom. The van der Waals surface area contributed by atoms with E-state index in [4.69, 9.17) is 11.6 Å². The van der Waals surface area contributed by atoms with Crippen molar-refractivity contribution in [2.75, 3.05) is 19.6 Å². The number of aromatic nitrogens is 2. The molecule has 1 aliphatic rings. The number of β-amino-alcohol motifs (C(OH)–C–C–N with tert-alkyl or cyclic N) is 1. The number of rotatable bonds is 4. The average Bonchev–Trinajstić information content (AvgIpc) is 2.95. The lowest BCUT2D eigenvalue weighted by Gasteiger charge is -2.33. The van der Waals surface area contributed by atoms with Crippen LogP contribution in [0.4, 0.5) is 0 Å². The maximum atomic E-state index is 10.4. The van der Waals surface area contributed by atoms with Crippen molar-refractivity contribution in [3.63, 3.8) is 0 Å². The fourth-order valence-electron chi connectivity index (χ4n) is 3.23. The summed E-state index contributed by atoms with van der Waals surface area (Å²) < 4.78 is 1.98. The van der Waals surface area contributed by atoms with Crippen LogP contribution in [0.1, 0.15) is 36.1 Å². The first-order chi connectivity index (χ1) is 10.6. The van der Waals surface area contributed by atoms with Gasteiger partial charge in [0.2, 0.25) is 0 Å². The van der Waals surface area contributed by atoms with Crippen LogP contribution in [0.25, 0.3) is 0 Å². The summed E-state index contributed by atoms with van der Waals surface area (Å²) in [6, 6.07) is 9.57. The van der Waals surface area contributed by atoms with E-state index in [2.05, 4.69) is 16.1 Å². The van der Waals surface area contributed by atoms with E-state index in [1.807, 2.05) is 42.2 Å². The molecule has 0 aliphatic carbocycles. The zero-order valence-electron chi connectivity index (χ0n) is 12.8. The maximum Gasteiger partial charge on any atom is 0.0916 e. The zero-order chi connectivity index (χ0) is 15.5. The monoisotopic (exact) mass is 319 g/mol. The second kappa shape index (κ2) is 6.82. The van der Waals surface area contributed by atoms with Gasteiger partial charge >= 0.3 is 0 Å². The van der Waals surface area contributed by atoms with Crippen molar-refractivity contribution < 1.29 is 5.11 Å². The number of likely N-dealkylation sites (tertiary alicyclic amines) is 1. The van der Waals surface area contributed by atoms with Gasteiger partial charge in [-0.3, -0.25) is 4.68 Å². The average molecular weight is 320 g/mol. The molecule has 4 nitrogen and oxygen atoms in total. The molecule has 0 bridgehead atoms. The second-order valence-corrected chi connectivity index (χ2v) is 6.46. The van der Waals surface area contributed by atoms with Crippen LogP contribution in [0.15, 0.2) is 36.5 Å². The molecule has 0 radical (unpaired) electrons. The summed E-state index contributed by atoms with van der Waals surface area (Å²) in [6.45, 7) is 2.71. The molecule has 3 rings (SSSR count). The lowest BCUT2D eigenvalue weighted by molar-refractivity contribution is 0.0966. The number of aliphatic hydroxyl groups is 1. The third-order valence-corrected chi connectivity index (χ3v) is 4.80. The SMILES string of the molecule is Cn1nccc1C1CCN(C[C@H](O)c2ccc(Cl)cc2)CC1. The zero-order valence-corrected chi connectivity index (χ0v) is 13.6. The maximum absolute atomic E-state index is 10.4. The molecule has 1 saturated heterocycles. The molecule has 1 aromatic carbocycles. The van der Waals surface area contributed by atoms with Crippen molar-refractivity contribution in [3.05, 3.63) is 52.8 Å². The summed E-state index contributed by atoms with van der Waals surface area (Å²) in [5, 5.41) is 15.3. The number of aliphatic hydroxyl groups excluding tert-OH is 1. The molecule has 1 N–H and O–H groups in total. The molecule has 22 heavy (non-hydrogen) atoms. The van der Waals surface area contributed by atoms with Crippen LogP contribution in [0, 0.1) is 0 Å². The van der Waals surface area contributed by atoms with Gasteiger partial charge in [-0.15, -0.1) is 0 Å². The number of piperidine rings is 1. The molecule has 0 unspecified atom stereocenters. The van der Waals surface area contributed by atoms with Crippen LogP contribution < -0.4 is 0 Å². The van der Waals surface area contributed by atoms with E-state index in [0.29, 0.717) is 17.5 Å². The highest BCUT2D eigenvalue weighted by atomic mass is 35.5. The fourth-order valence-corrected chi connectivity index (χ4v) is 3.36. The first-order valence-corrected chi connectivity index (χ1v) is 8.15. The fraction of sp³-hybridized carbons (Fsp3) is 0.471. The Balaban J connectivity index is 1.53. The highest BCUT2D eigenvalue weighted by Crippen LogP contribution is 2.28. The van der Waals surface area contributed by atoms with E-state index in [1.165, 1.54) is 5.69 Å². The number of hydrogen-bond donors (Lipinski definition) is 1. The minimum absolute atomic E-state index is 0.453. The van der Waals surface area contributed by atoms with Crippen molar-refractivity contribution in [1.29, 1.82) is 0 Å². The Bertz CT molecular complexity index is 603. The minimum atomic E-state index is -0.453. The van der Waals surface area contributed by atoms with Crippen LogP contribution in [-0.4, -0.2) is 39.4 Å². The Morgan fingerprint density at radius 3 is 2.50 bits per heavy atom. The van der Waals surface area contributed by atoms with Gasteiger partial charge in [-0.05, 0) is 49.7 Å². The van der Waals surface area contributed by atoms with Crippen molar-refractivity contribution in [1.82, 2.24) is 14.7 Å². The van der Waals surface area contributed by atoms with Crippen molar-refractivity contribution in [2.24, 2.45) is 7.05 Å². The lowest BCUT2D eigenvalue weighted by atomic mass is 9.93. The highest BCUT2D eigenvalue weighted by molar-refractivity contribution is 6.30. The Labute approximate surface area is 136 Å². The Kier molecular flexibility index (Phi) is 4.81. The first-order valence-electron chi connectivity index (χ1n) is 7.77. The van der Waals surface area contributed by atoms with Crippen LogP contribution in [0.2, 0.25) is 5.02 Å². The van der Waals surface area contributed by atoms with Gasteiger partial charge in [-0.1, -0.05) is 23.7 Å². The molecule has 0 spiro atoms. The molecule has 1 aromatic heterocycles. The normalized spacial score (nSPS) is 18.5. The van der Waals surface area contributed by atoms with Crippen LogP contribution in [0.3, 0.4) is 0 Å². The van der Waals surface area contributed by atoms with Gasteiger partial charge in [-0.2, -0.15) is 5.10 Å². The summed E-state index contributed by atoms with van der Waals surface area (Å²) in [4.78, 5) is 2.34. The molecular formula is C17H22ClN3O. The van der Waals surface area contributed by atoms with Crippen molar-refractivity contribution in [3.8, 4) is 0 Å². The molecule has 2 aromatic rings. The summed E-state index contributed by atoms with van der Waals surface area (Å²) in [6.07, 6.45) is 3.65. The predicted molar refractivity (Wildman–Crippen MR) is 88.0 cm³/mol. The number of nitrogens with zero attached hydrogens (tertiary/aromatic N) is 3. The lowest BCUT2D eigenvalue weighted by Crippen LogP contribution is -2.36. The van der Waals surface area contributed by atoms with Gasteiger partial charge in [0.05, 0.1) is 6.10 Å². The van der Waals surface area contributed by atoms with E-state index >= 15 is 0 Å². The predicted octanol–water partition coefficient (Wildman–Crippen LogP) is 2.99. The number of halogens is 1. The quantitative estimate of drug-likeness (QED) is 0.942. The van der Waals surface area contributed by atoms with Gasteiger partial charge in [0, 0.05) is 36.4 Å². The summed E-state index contributed by atoms with van der Waals surface area (Å²) >= 11 is 5.89. The van der Waals surface area contributed by atoms with Gasteiger partial charge in [0.15, 0.2) is 0 Å². The third-order valence-electron chi connectivity index (χ3n) is 4.55. The Morgan fingerprint density at radius 2 is 1.91 bits per heavy atom. The van der Waals surface area contributed by atoms with Crippen molar-refractivity contribution >= 4 is 11.6 Å². The minimum Gasteiger partial charge on any atom is -0.387 e. The smallest absolute Gasteiger partial charge is 0.0916 e. The van der Waals surface area contributed by atoms with Crippen LogP contribution in [0.5, 0.6) is 0 Å². The van der Waals surface area contributed by atoms with E-state index < -0.39 is 6.10 Å². The topological polar surface area (TPSA) is 41.3 Å². The third kappa shape index (κ3) is 3.51. The molecule has 1 fully saturated rings. The van der Waals surface area contributed by atoms with Gasteiger partial charge in [-0.25, -0.2) is 0 Å². The standard InChI is InChI=1S/C17H22ClN3O/c1-20-16(6-9-19-20)13-7-10-21(11-8-13)12-17(22)14-2-4-15(18)5-3-14/h2-6,9,13,17,22H,7-8,10-12H2,1H3/t17-/m0/s1. The summed E-state index contributed by atoms with van der Waals surface area (Å²) in [5.41, 5.74) is 2.25. The summed E-state index contributed by atoms with van der Waals surface area (Å²) in [7, 11) is 2.01. The van der Waals surface area contributed by atoms with E-state index in [1.54, 1.807) is 0 Å². The van der Waals surface area contributed by atoms with Crippen LogP contribution >= 0.6 is 11.6 Å². The van der Waals surface area contributed by atoms with Gasteiger partial charge in [0.25, 0.3) is 0 Å². The van der Waals surface area contributed by atoms with Crippen LogP contribution in [-0.2, 0) is 7.05 Å². The number of hydrogen-bond acceptors (Lipinski definition) is 3. The van der Waals surface area contributed by atoms with Gasteiger partial charge < -0.3 is 10.0 Å². The number of benzene rings is 1. The molecule has 2 heterocycles. The molecule has 1 aliphatic heterocycles. The van der Waals surface area contributed by atoms with E-state index in [-0.39, 0.29) is 0 Å². The first kappa shape index (κ1) is 15.5. The molecular weight excluding hydrogens is 298 g/mol. The molecule has 118 valence electrons. The molecule has 0 amide bonds. The molecule has 5 heteroatoms. The Hall–Kier alpha value is -1.36. The largest absolute Gasteiger partial charge is 0.387 e. The molecule has 0 saturated carbocycles. The summed E-state index contributed by atoms with van der Waals surface area (Å²) in [5.74, 6) is 0.580. The number of aryl methyl sites for hydroxylation is 1. The second-order valence-electron chi connectivity index (χ2n) is 6.02. The van der Waals surface area contributed by atoms with Crippen molar-refractivity contribution in [2.45, 2.75) is 24.9 Å². The van der Waals surface area contributed by atoms with E-state index in [0.717, 1.165) is 31.5 Å².